The van der Waals surface area contributed by atoms with E-state index in [2.05, 4.69) is 69.4 Å². The van der Waals surface area contributed by atoms with E-state index in [1.165, 1.54) is 238 Å². The molecule has 0 amide bonds. The van der Waals surface area contributed by atoms with Gasteiger partial charge in [0.15, 0.2) is 6.10 Å². The van der Waals surface area contributed by atoms with Gasteiger partial charge in [-0.05, 0) is 57.8 Å². The van der Waals surface area contributed by atoms with Crippen LogP contribution in [0.5, 0.6) is 0 Å². The molecular formula is C71H130O6. The molecule has 0 aromatic heterocycles. The zero-order chi connectivity index (χ0) is 55.7. The molecule has 6 nitrogen and oxygen atoms in total. The number of esters is 3. The Labute approximate surface area is 479 Å². The van der Waals surface area contributed by atoms with Gasteiger partial charge < -0.3 is 14.2 Å². The van der Waals surface area contributed by atoms with Crippen molar-refractivity contribution in [3.05, 3.63) is 48.6 Å². The first-order valence-electron chi connectivity index (χ1n) is 34.1. The Morgan fingerprint density at radius 1 is 0.273 bits per heavy atom. The van der Waals surface area contributed by atoms with Gasteiger partial charge in [0.1, 0.15) is 13.2 Å². The molecule has 450 valence electrons. The molecule has 0 saturated carbocycles. The molecule has 0 rings (SSSR count). The van der Waals surface area contributed by atoms with Crippen molar-refractivity contribution in [3.63, 3.8) is 0 Å². The van der Waals surface area contributed by atoms with E-state index in [0.29, 0.717) is 19.3 Å². The number of unbranched alkanes of at least 4 members (excludes halogenated alkanes) is 44. The number of hydrogen-bond donors (Lipinski definition) is 0. The van der Waals surface area contributed by atoms with Crippen LogP contribution in [0.4, 0.5) is 0 Å². The minimum atomic E-state index is -0.771. The Morgan fingerprint density at radius 3 is 0.792 bits per heavy atom. The van der Waals surface area contributed by atoms with Crippen molar-refractivity contribution in [2.75, 3.05) is 13.2 Å². The summed E-state index contributed by atoms with van der Waals surface area (Å²) in [4.78, 5) is 38.0. The highest BCUT2D eigenvalue weighted by Crippen LogP contribution is 2.18. The highest BCUT2D eigenvalue weighted by molar-refractivity contribution is 5.71. The van der Waals surface area contributed by atoms with Crippen molar-refractivity contribution in [1.29, 1.82) is 0 Å². The molecule has 0 heterocycles. The van der Waals surface area contributed by atoms with Gasteiger partial charge in [0, 0.05) is 19.3 Å². The Hall–Kier alpha value is -2.63. The Morgan fingerprint density at radius 2 is 0.506 bits per heavy atom. The van der Waals surface area contributed by atoms with Gasteiger partial charge in [0.25, 0.3) is 0 Å². The van der Waals surface area contributed by atoms with Crippen LogP contribution in [0.1, 0.15) is 367 Å². The molecule has 0 aliphatic carbocycles. The number of allylic oxidation sites excluding steroid dienone is 8. The quantitative estimate of drug-likeness (QED) is 0.0261. The maximum absolute atomic E-state index is 12.8. The Bertz CT molecular complexity index is 1330. The molecule has 77 heavy (non-hydrogen) atoms. The maximum atomic E-state index is 12.8. The van der Waals surface area contributed by atoms with E-state index in [4.69, 9.17) is 14.2 Å². The molecule has 0 saturated heterocycles. The standard InChI is InChI=1S/C71H130O6/c1-4-7-10-13-15-17-19-21-23-25-27-29-31-32-33-34-35-36-37-38-40-41-43-45-47-49-51-53-55-58-61-64-70(73)76-67-68(66-75-69(72)63-60-57-12-9-6-3)77-71(74)65-62-59-56-54-52-50-48-46-44-42-39-30-28-26-24-22-20-18-16-14-11-8-5-2/h8,11,16,18,22,24,28,30,68H,4-7,9-10,12-15,17,19-21,23,25-27,29,31-67H2,1-3H3/b11-8-,18-16-,24-22-,30-28-. The smallest absolute Gasteiger partial charge is 0.306 e. The number of carbonyl (C=O) groups excluding carboxylic acids is 3. The van der Waals surface area contributed by atoms with Gasteiger partial charge in [0.2, 0.25) is 0 Å². The van der Waals surface area contributed by atoms with Gasteiger partial charge in [0.05, 0.1) is 0 Å². The van der Waals surface area contributed by atoms with Crippen LogP contribution < -0.4 is 0 Å². The molecule has 1 atom stereocenters. The third kappa shape index (κ3) is 64.1. The lowest BCUT2D eigenvalue weighted by molar-refractivity contribution is -0.167. The van der Waals surface area contributed by atoms with E-state index < -0.39 is 6.10 Å². The summed E-state index contributed by atoms with van der Waals surface area (Å²) in [6.07, 6.45) is 83.4. The van der Waals surface area contributed by atoms with Crippen LogP contribution in [0.15, 0.2) is 48.6 Å². The summed E-state index contributed by atoms with van der Waals surface area (Å²) >= 11 is 0. The van der Waals surface area contributed by atoms with Crippen LogP contribution >= 0.6 is 0 Å². The SMILES string of the molecule is CC/C=C\C/C=C\C/C=C\C/C=C\CCCCCCCCCCCCC(=O)OC(COC(=O)CCCCCCC)COC(=O)CCCCCCCCCCCCCCCCCCCCCCCCCCCCCCCCC. The summed E-state index contributed by atoms with van der Waals surface area (Å²) in [5.74, 6) is -0.870. The van der Waals surface area contributed by atoms with E-state index in [1.807, 2.05) is 0 Å². The molecule has 0 fully saturated rings. The van der Waals surface area contributed by atoms with E-state index >= 15 is 0 Å². The number of ether oxygens (including phenoxy) is 3. The number of rotatable bonds is 63. The van der Waals surface area contributed by atoms with Crippen LogP contribution in [0.25, 0.3) is 0 Å². The second-order valence-corrected chi connectivity index (χ2v) is 23.1. The van der Waals surface area contributed by atoms with Crippen molar-refractivity contribution in [1.82, 2.24) is 0 Å². The zero-order valence-electron chi connectivity index (χ0n) is 51.7. The molecule has 0 aliphatic rings. The summed E-state index contributed by atoms with van der Waals surface area (Å²) in [6, 6.07) is 0. The second kappa shape index (κ2) is 65.9. The van der Waals surface area contributed by atoms with Gasteiger partial charge in [-0.25, -0.2) is 0 Å². The first-order chi connectivity index (χ1) is 38.0. The normalized spacial score (nSPS) is 12.3. The maximum Gasteiger partial charge on any atom is 0.306 e. The summed E-state index contributed by atoms with van der Waals surface area (Å²) < 4.78 is 16.8. The molecule has 0 aromatic rings. The molecule has 0 radical (unpaired) electrons. The zero-order valence-corrected chi connectivity index (χ0v) is 51.7. The first-order valence-corrected chi connectivity index (χ1v) is 34.1. The fraction of sp³-hybridized carbons (Fsp3) is 0.845. The molecule has 0 aliphatic heterocycles. The largest absolute Gasteiger partial charge is 0.462 e. The van der Waals surface area contributed by atoms with Crippen molar-refractivity contribution in [2.45, 2.75) is 374 Å². The van der Waals surface area contributed by atoms with Crippen LogP contribution in [0.2, 0.25) is 0 Å². The lowest BCUT2D eigenvalue weighted by Gasteiger charge is -2.18. The summed E-state index contributed by atoms with van der Waals surface area (Å²) in [7, 11) is 0. The monoisotopic (exact) mass is 1080 g/mol. The van der Waals surface area contributed by atoms with Gasteiger partial charge in [-0.3, -0.25) is 14.4 Å². The summed E-state index contributed by atoms with van der Waals surface area (Å²) in [5, 5.41) is 0. The fourth-order valence-electron chi connectivity index (χ4n) is 10.3. The molecular weight excluding hydrogens is 949 g/mol. The van der Waals surface area contributed by atoms with E-state index in [-0.39, 0.29) is 31.1 Å². The topological polar surface area (TPSA) is 78.9 Å². The molecule has 1 unspecified atom stereocenters. The fourth-order valence-corrected chi connectivity index (χ4v) is 10.3. The third-order valence-electron chi connectivity index (χ3n) is 15.3. The third-order valence-corrected chi connectivity index (χ3v) is 15.3. The predicted molar refractivity (Wildman–Crippen MR) is 335 cm³/mol. The molecule has 0 spiro atoms. The molecule has 6 heteroatoms. The highest BCUT2D eigenvalue weighted by Gasteiger charge is 2.19. The van der Waals surface area contributed by atoms with Crippen LogP contribution in [0, 0.1) is 0 Å². The highest BCUT2D eigenvalue weighted by atomic mass is 16.6. The number of carbonyl (C=O) groups is 3. The Balaban J connectivity index is 3.93. The summed E-state index contributed by atoms with van der Waals surface area (Å²) in [6.45, 7) is 6.50. The Kier molecular flexibility index (Phi) is 63.6. The van der Waals surface area contributed by atoms with Crippen molar-refractivity contribution in [3.8, 4) is 0 Å². The van der Waals surface area contributed by atoms with E-state index in [1.54, 1.807) is 0 Å². The second-order valence-electron chi connectivity index (χ2n) is 23.1. The van der Waals surface area contributed by atoms with Crippen LogP contribution in [0.3, 0.4) is 0 Å². The first kappa shape index (κ1) is 74.4. The predicted octanol–water partition coefficient (Wildman–Crippen LogP) is 23.3. The van der Waals surface area contributed by atoms with Crippen molar-refractivity contribution in [2.24, 2.45) is 0 Å². The van der Waals surface area contributed by atoms with Crippen LogP contribution in [-0.2, 0) is 28.6 Å². The molecule has 0 aromatic carbocycles. The molecule has 0 bridgehead atoms. The van der Waals surface area contributed by atoms with Crippen molar-refractivity contribution < 1.29 is 28.6 Å². The number of hydrogen-bond acceptors (Lipinski definition) is 6. The van der Waals surface area contributed by atoms with Gasteiger partial charge in [-0.2, -0.15) is 0 Å². The van der Waals surface area contributed by atoms with Gasteiger partial charge >= 0.3 is 17.9 Å². The summed E-state index contributed by atoms with van der Waals surface area (Å²) in [5.41, 5.74) is 0. The van der Waals surface area contributed by atoms with Gasteiger partial charge in [-0.1, -0.05) is 339 Å². The lowest BCUT2D eigenvalue weighted by Crippen LogP contribution is -2.30. The molecule has 0 N–H and O–H groups in total. The van der Waals surface area contributed by atoms with Crippen molar-refractivity contribution >= 4 is 17.9 Å². The van der Waals surface area contributed by atoms with E-state index in [0.717, 1.165) is 89.9 Å². The minimum Gasteiger partial charge on any atom is -0.462 e. The average Bonchev–Trinajstić information content (AvgIpc) is 3.43. The van der Waals surface area contributed by atoms with E-state index in [9.17, 15) is 14.4 Å². The lowest BCUT2D eigenvalue weighted by atomic mass is 10.0. The minimum absolute atomic E-state index is 0.0710. The average molecular weight is 1080 g/mol. The van der Waals surface area contributed by atoms with Gasteiger partial charge in [-0.15, -0.1) is 0 Å². The van der Waals surface area contributed by atoms with Crippen LogP contribution in [-0.4, -0.2) is 37.2 Å².